The largest absolute Gasteiger partial charge is 0.481 e. The van der Waals surface area contributed by atoms with Crippen molar-refractivity contribution in [1.82, 2.24) is 0 Å². The van der Waals surface area contributed by atoms with Crippen LogP contribution in [0.15, 0.2) is 22.8 Å². The van der Waals surface area contributed by atoms with Crippen LogP contribution in [0.25, 0.3) is 0 Å². The summed E-state index contributed by atoms with van der Waals surface area (Å²) in [7, 11) is 0. The lowest BCUT2D eigenvalue weighted by Gasteiger charge is -2.18. The van der Waals surface area contributed by atoms with Gasteiger partial charge in [0.25, 0.3) is 0 Å². The highest BCUT2D eigenvalue weighted by Crippen LogP contribution is 2.42. The first-order valence-electron chi connectivity index (χ1n) is 6.15. The third-order valence-electron chi connectivity index (χ3n) is 4.12. The summed E-state index contributed by atoms with van der Waals surface area (Å²) in [6, 6.07) is 0. The molecule has 2 aliphatic carbocycles. The lowest BCUT2D eigenvalue weighted by Crippen LogP contribution is -2.11. The topological polar surface area (TPSA) is 37.3 Å². The Kier molecular flexibility index (Phi) is 3.17. The molecule has 2 heteroatoms. The number of allylic oxidation sites excluding steroid dienone is 4. The van der Waals surface area contributed by atoms with Crippen LogP contribution in [0, 0.1) is 11.8 Å². The number of carbonyl (C=O) groups is 1. The normalized spacial score (nSPS) is 29.8. The van der Waals surface area contributed by atoms with Gasteiger partial charge in [0, 0.05) is 12.3 Å². The van der Waals surface area contributed by atoms with Gasteiger partial charge in [0.2, 0.25) is 0 Å². The predicted octanol–water partition coefficient (Wildman–Crippen LogP) is 3.54. The van der Waals surface area contributed by atoms with Crippen molar-refractivity contribution in [3.8, 4) is 0 Å². The molecule has 0 radical (unpaired) electrons. The Morgan fingerprint density at radius 1 is 1.50 bits per heavy atom. The molecule has 0 amide bonds. The second-order valence-corrected chi connectivity index (χ2v) is 5.25. The van der Waals surface area contributed by atoms with Gasteiger partial charge in [-0.25, -0.2) is 0 Å². The molecule has 1 N–H and O–H groups in total. The molecule has 2 atom stereocenters. The summed E-state index contributed by atoms with van der Waals surface area (Å²) in [4.78, 5) is 10.8. The van der Waals surface area contributed by atoms with Crippen molar-refractivity contribution in [3.63, 3.8) is 0 Å². The van der Waals surface area contributed by atoms with Gasteiger partial charge in [-0.05, 0) is 45.4 Å². The van der Waals surface area contributed by atoms with Gasteiger partial charge in [-0.3, -0.25) is 4.79 Å². The van der Waals surface area contributed by atoms with E-state index in [0.717, 1.165) is 25.7 Å². The minimum atomic E-state index is -0.647. The molecule has 88 valence electrons. The summed E-state index contributed by atoms with van der Waals surface area (Å²) in [5.74, 6) is 0.258. The van der Waals surface area contributed by atoms with Gasteiger partial charge < -0.3 is 5.11 Å². The maximum absolute atomic E-state index is 10.8. The van der Waals surface area contributed by atoms with Crippen molar-refractivity contribution in [1.29, 1.82) is 0 Å². The molecule has 0 spiro atoms. The number of hydrogen-bond acceptors (Lipinski definition) is 1. The smallest absolute Gasteiger partial charge is 0.303 e. The second-order valence-electron chi connectivity index (χ2n) is 5.25. The Bertz CT molecular complexity index is 363. The third-order valence-corrected chi connectivity index (χ3v) is 4.12. The van der Waals surface area contributed by atoms with Crippen LogP contribution < -0.4 is 0 Å². The number of rotatable bonds is 2. The SMILES string of the molecule is CC1=CCC2=C(C)CC[C@@H](CC(=O)O)CC12. The second kappa shape index (κ2) is 4.44. The first kappa shape index (κ1) is 11.4. The summed E-state index contributed by atoms with van der Waals surface area (Å²) in [5.41, 5.74) is 4.53. The van der Waals surface area contributed by atoms with Crippen molar-refractivity contribution < 1.29 is 9.90 Å². The summed E-state index contributed by atoms with van der Waals surface area (Å²) in [6.07, 6.45) is 6.93. The van der Waals surface area contributed by atoms with Crippen molar-refractivity contribution in [3.05, 3.63) is 22.8 Å². The van der Waals surface area contributed by atoms with Gasteiger partial charge in [0.05, 0.1) is 0 Å². The molecule has 0 bridgehead atoms. The van der Waals surface area contributed by atoms with Gasteiger partial charge >= 0.3 is 5.97 Å². The summed E-state index contributed by atoms with van der Waals surface area (Å²) >= 11 is 0. The molecule has 0 saturated carbocycles. The Labute approximate surface area is 97.0 Å². The minimum absolute atomic E-state index is 0.338. The Hall–Kier alpha value is -1.05. The van der Waals surface area contributed by atoms with Crippen molar-refractivity contribution in [2.75, 3.05) is 0 Å². The zero-order chi connectivity index (χ0) is 11.7. The monoisotopic (exact) mass is 220 g/mol. The highest BCUT2D eigenvalue weighted by Gasteiger charge is 2.29. The van der Waals surface area contributed by atoms with E-state index in [1.54, 1.807) is 5.57 Å². The predicted molar refractivity (Wildman–Crippen MR) is 64.2 cm³/mol. The van der Waals surface area contributed by atoms with Gasteiger partial charge in [-0.15, -0.1) is 0 Å². The zero-order valence-corrected chi connectivity index (χ0v) is 10.1. The molecule has 16 heavy (non-hydrogen) atoms. The number of fused-ring (bicyclic) bond motifs is 1. The number of carboxylic acid groups (broad SMARTS) is 1. The average Bonchev–Trinajstić information content (AvgIpc) is 2.48. The van der Waals surface area contributed by atoms with Crippen LogP contribution >= 0.6 is 0 Å². The summed E-state index contributed by atoms with van der Waals surface area (Å²) < 4.78 is 0. The van der Waals surface area contributed by atoms with Gasteiger partial charge in [-0.1, -0.05) is 22.8 Å². The number of carboxylic acids is 1. The van der Waals surface area contributed by atoms with Crippen LogP contribution in [0.3, 0.4) is 0 Å². The van der Waals surface area contributed by atoms with E-state index in [1.165, 1.54) is 11.1 Å². The fraction of sp³-hybridized carbons (Fsp3) is 0.643. The molecular weight excluding hydrogens is 200 g/mol. The first-order valence-corrected chi connectivity index (χ1v) is 6.15. The average molecular weight is 220 g/mol. The fourth-order valence-corrected chi connectivity index (χ4v) is 3.09. The minimum Gasteiger partial charge on any atom is -0.481 e. The lowest BCUT2D eigenvalue weighted by atomic mass is 9.86. The van der Waals surface area contributed by atoms with Crippen molar-refractivity contribution >= 4 is 5.97 Å². The summed E-state index contributed by atoms with van der Waals surface area (Å²) in [5, 5.41) is 8.90. The van der Waals surface area contributed by atoms with E-state index in [-0.39, 0.29) is 0 Å². The van der Waals surface area contributed by atoms with Gasteiger partial charge in [0.15, 0.2) is 0 Å². The van der Waals surface area contributed by atoms with Crippen LogP contribution in [0.5, 0.6) is 0 Å². The third kappa shape index (κ3) is 2.21. The fourth-order valence-electron chi connectivity index (χ4n) is 3.09. The maximum Gasteiger partial charge on any atom is 0.303 e. The summed E-state index contributed by atoms with van der Waals surface area (Å²) in [6.45, 7) is 4.41. The quantitative estimate of drug-likeness (QED) is 0.723. The standard InChI is InChI=1S/C14H20O2/c1-9-3-5-11(8-14(15)16)7-13-10(2)4-6-12(9)13/h4,11,13H,3,5-8H2,1-2H3,(H,15,16)/t11-,13?/m1/s1. The molecule has 1 unspecified atom stereocenters. The molecule has 2 nitrogen and oxygen atoms in total. The van der Waals surface area contributed by atoms with Crippen LogP contribution in [-0.4, -0.2) is 11.1 Å². The Balaban J connectivity index is 2.14. The van der Waals surface area contributed by atoms with Gasteiger partial charge in [0.1, 0.15) is 0 Å². The van der Waals surface area contributed by atoms with Crippen LogP contribution in [-0.2, 0) is 4.79 Å². The van der Waals surface area contributed by atoms with E-state index in [0.29, 0.717) is 18.3 Å². The molecule has 0 aliphatic heterocycles. The molecule has 0 aromatic carbocycles. The van der Waals surface area contributed by atoms with Gasteiger partial charge in [-0.2, -0.15) is 0 Å². The molecule has 0 heterocycles. The van der Waals surface area contributed by atoms with E-state index in [4.69, 9.17) is 5.11 Å². The maximum atomic E-state index is 10.8. The Morgan fingerprint density at radius 2 is 2.25 bits per heavy atom. The molecule has 0 aromatic rings. The van der Waals surface area contributed by atoms with Crippen LogP contribution in [0.1, 0.15) is 46.0 Å². The molecule has 0 fully saturated rings. The Morgan fingerprint density at radius 3 is 2.94 bits per heavy atom. The van der Waals surface area contributed by atoms with Crippen LogP contribution in [0.2, 0.25) is 0 Å². The first-order chi connectivity index (χ1) is 7.58. The highest BCUT2D eigenvalue weighted by atomic mass is 16.4. The van der Waals surface area contributed by atoms with E-state index in [2.05, 4.69) is 19.9 Å². The van der Waals surface area contributed by atoms with E-state index in [1.807, 2.05) is 0 Å². The molecule has 2 aliphatic rings. The number of aliphatic carboxylic acids is 1. The molecular formula is C14H20O2. The van der Waals surface area contributed by atoms with E-state index >= 15 is 0 Å². The van der Waals surface area contributed by atoms with E-state index in [9.17, 15) is 4.79 Å². The lowest BCUT2D eigenvalue weighted by molar-refractivity contribution is -0.138. The molecule has 2 rings (SSSR count). The van der Waals surface area contributed by atoms with Crippen molar-refractivity contribution in [2.45, 2.75) is 46.0 Å². The highest BCUT2D eigenvalue weighted by molar-refractivity contribution is 5.67. The zero-order valence-electron chi connectivity index (χ0n) is 10.1. The molecule has 0 saturated heterocycles. The van der Waals surface area contributed by atoms with E-state index < -0.39 is 5.97 Å². The van der Waals surface area contributed by atoms with Crippen molar-refractivity contribution in [2.24, 2.45) is 11.8 Å². The van der Waals surface area contributed by atoms with Crippen LogP contribution in [0.4, 0.5) is 0 Å². The molecule has 0 aromatic heterocycles. The number of hydrogen-bond donors (Lipinski definition) is 1.